The van der Waals surface area contributed by atoms with Gasteiger partial charge in [0.2, 0.25) is 0 Å². The van der Waals surface area contributed by atoms with Crippen molar-refractivity contribution >= 4 is 33.7 Å². The zero-order valence-electron chi connectivity index (χ0n) is 13.8. The largest absolute Gasteiger partial charge is 0.465 e. The molecule has 24 heavy (non-hydrogen) atoms. The molecule has 0 bridgehead atoms. The molecule has 0 unspecified atom stereocenters. The van der Waals surface area contributed by atoms with Gasteiger partial charge in [-0.2, -0.15) is 0 Å². The zero-order valence-corrected chi connectivity index (χ0v) is 15.3. The van der Waals surface area contributed by atoms with Crippen molar-refractivity contribution in [3.63, 3.8) is 0 Å². The van der Waals surface area contributed by atoms with Crippen LogP contribution < -0.4 is 5.32 Å². The van der Waals surface area contributed by atoms with E-state index in [-0.39, 0.29) is 18.9 Å². The van der Waals surface area contributed by atoms with E-state index in [9.17, 15) is 14.4 Å². The topological polar surface area (TPSA) is 75.7 Å². The quantitative estimate of drug-likeness (QED) is 0.778. The molecule has 2 rings (SSSR count). The van der Waals surface area contributed by atoms with Crippen molar-refractivity contribution in [3.8, 4) is 0 Å². The molecule has 0 saturated heterocycles. The number of esters is 1. The molecule has 0 fully saturated rings. The minimum Gasteiger partial charge on any atom is -0.465 e. The van der Waals surface area contributed by atoms with Crippen LogP contribution in [0.5, 0.6) is 0 Å². The predicted molar refractivity (Wildman–Crippen MR) is 92.1 cm³/mol. The van der Waals surface area contributed by atoms with Crippen LogP contribution in [0.4, 0.5) is 4.79 Å². The number of carbonyl (C=O) groups is 3. The fraction of sp³-hybridized carbons (Fsp3) is 0.353. The van der Waals surface area contributed by atoms with E-state index in [0.717, 1.165) is 10.0 Å². The molecule has 0 aromatic heterocycles. The maximum Gasteiger partial charge on any atom is 0.326 e. The molecule has 1 atom stereocenters. The second-order valence-corrected chi connectivity index (χ2v) is 6.30. The van der Waals surface area contributed by atoms with Gasteiger partial charge < -0.3 is 10.1 Å². The molecule has 6 nitrogen and oxygen atoms in total. The van der Waals surface area contributed by atoms with E-state index in [4.69, 9.17) is 4.74 Å². The maximum atomic E-state index is 12.4. The van der Waals surface area contributed by atoms with E-state index in [1.54, 1.807) is 13.8 Å². The third-order valence-corrected chi connectivity index (χ3v) is 4.30. The Bertz CT molecular complexity index is 697. The Kier molecular flexibility index (Phi) is 5.77. The minimum absolute atomic E-state index is 0.158. The Morgan fingerprint density at radius 1 is 1.29 bits per heavy atom. The van der Waals surface area contributed by atoms with Crippen LogP contribution >= 0.6 is 15.9 Å². The summed E-state index contributed by atoms with van der Waals surface area (Å²) < 4.78 is 5.79. The van der Waals surface area contributed by atoms with Crippen LogP contribution in [0, 0.1) is 0 Å². The van der Waals surface area contributed by atoms with Crippen molar-refractivity contribution in [2.45, 2.75) is 26.8 Å². The average Bonchev–Trinajstić information content (AvgIpc) is 2.51. The van der Waals surface area contributed by atoms with Gasteiger partial charge in [0.05, 0.1) is 12.6 Å². The van der Waals surface area contributed by atoms with Crippen LogP contribution in [0.1, 0.15) is 32.4 Å². The minimum atomic E-state index is -0.540. The number of allylic oxidation sites excluding steroid dienone is 1. The molecule has 7 heteroatoms. The van der Waals surface area contributed by atoms with Crippen LogP contribution in [0.3, 0.4) is 0 Å². The van der Waals surface area contributed by atoms with Crippen molar-refractivity contribution < 1.29 is 19.1 Å². The first-order valence-corrected chi connectivity index (χ1v) is 8.35. The molecule has 128 valence electrons. The lowest BCUT2D eigenvalue weighted by Crippen LogP contribution is -2.49. The van der Waals surface area contributed by atoms with Crippen LogP contribution in [0.2, 0.25) is 0 Å². The lowest BCUT2D eigenvalue weighted by molar-refractivity contribution is -0.143. The van der Waals surface area contributed by atoms with E-state index >= 15 is 0 Å². The summed E-state index contributed by atoms with van der Waals surface area (Å²) in [7, 11) is 0. The fourth-order valence-corrected chi connectivity index (χ4v) is 2.93. The SMILES string of the molecule is CCOC(=O)CN1C(=O)N[C@@H](c2ccc(Br)cc2)C(C(C)=O)=C1C. The third kappa shape index (κ3) is 3.84. The van der Waals surface area contributed by atoms with Gasteiger partial charge in [0, 0.05) is 15.7 Å². The van der Waals surface area contributed by atoms with Gasteiger partial charge in [-0.25, -0.2) is 4.79 Å². The highest BCUT2D eigenvalue weighted by molar-refractivity contribution is 9.10. The summed E-state index contributed by atoms with van der Waals surface area (Å²) >= 11 is 3.36. The molecule has 1 heterocycles. The van der Waals surface area contributed by atoms with E-state index in [0.29, 0.717) is 11.3 Å². The normalized spacial score (nSPS) is 17.6. The van der Waals surface area contributed by atoms with Gasteiger partial charge in [0.25, 0.3) is 0 Å². The molecule has 0 aliphatic carbocycles. The van der Waals surface area contributed by atoms with Gasteiger partial charge in [-0.05, 0) is 38.5 Å². The molecule has 0 spiro atoms. The molecule has 1 aromatic carbocycles. The Morgan fingerprint density at radius 3 is 2.46 bits per heavy atom. The highest BCUT2D eigenvalue weighted by Crippen LogP contribution is 2.31. The van der Waals surface area contributed by atoms with Crippen LogP contribution in [-0.2, 0) is 14.3 Å². The third-order valence-electron chi connectivity index (χ3n) is 3.77. The number of nitrogens with one attached hydrogen (secondary N) is 1. The zero-order chi connectivity index (χ0) is 17.9. The summed E-state index contributed by atoms with van der Waals surface area (Å²) in [5.74, 6) is -0.675. The van der Waals surface area contributed by atoms with Crippen LogP contribution in [0.25, 0.3) is 0 Å². The molecule has 1 N–H and O–H groups in total. The standard InChI is InChI=1S/C17H19BrN2O4/c1-4-24-14(22)9-20-10(2)15(11(3)21)16(19-17(20)23)12-5-7-13(18)8-6-12/h5-8,16H,4,9H2,1-3H3,(H,19,23)/t16-/m0/s1. The van der Waals surface area contributed by atoms with Gasteiger partial charge >= 0.3 is 12.0 Å². The number of Topliss-reactive ketones (excluding diaryl/α,β-unsaturated/α-hetero) is 1. The number of hydrogen-bond acceptors (Lipinski definition) is 4. The van der Waals surface area contributed by atoms with E-state index < -0.39 is 18.0 Å². The molecule has 0 radical (unpaired) electrons. The molecule has 1 aliphatic rings. The summed E-state index contributed by atoms with van der Waals surface area (Å²) in [5.41, 5.74) is 1.72. The molecular formula is C17H19BrN2O4. The highest BCUT2D eigenvalue weighted by atomic mass is 79.9. The molecule has 1 aromatic rings. The van der Waals surface area contributed by atoms with Gasteiger partial charge in [0.15, 0.2) is 5.78 Å². The predicted octanol–water partition coefficient (Wildman–Crippen LogP) is 2.94. The lowest BCUT2D eigenvalue weighted by Gasteiger charge is -2.35. The van der Waals surface area contributed by atoms with Crippen LogP contribution in [-0.4, -0.2) is 35.8 Å². The number of rotatable bonds is 5. The Morgan fingerprint density at radius 2 is 1.92 bits per heavy atom. The van der Waals surface area contributed by atoms with Crippen molar-refractivity contribution in [3.05, 3.63) is 45.6 Å². The number of halogens is 1. The molecule has 1 aliphatic heterocycles. The monoisotopic (exact) mass is 394 g/mol. The summed E-state index contributed by atoms with van der Waals surface area (Å²) in [6.07, 6.45) is 0. The second kappa shape index (κ2) is 7.61. The van der Waals surface area contributed by atoms with Crippen molar-refractivity contribution in [1.82, 2.24) is 10.2 Å². The van der Waals surface area contributed by atoms with Crippen molar-refractivity contribution in [2.24, 2.45) is 0 Å². The van der Waals surface area contributed by atoms with Crippen LogP contribution in [0.15, 0.2) is 40.0 Å². The lowest BCUT2D eigenvalue weighted by atomic mass is 9.92. The smallest absolute Gasteiger partial charge is 0.326 e. The second-order valence-electron chi connectivity index (χ2n) is 5.38. The number of nitrogens with zero attached hydrogens (tertiary/aromatic N) is 1. The number of urea groups is 1. The molecule has 2 amide bonds. The van der Waals surface area contributed by atoms with Crippen molar-refractivity contribution in [1.29, 1.82) is 0 Å². The van der Waals surface area contributed by atoms with E-state index in [2.05, 4.69) is 21.2 Å². The van der Waals surface area contributed by atoms with Gasteiger partial charge in [-0.3, -0.25) is 14.5 Å². The van der Waals surface area contributed by atoms with E-state index in [1.165, 1.54) is 11.8 Å². The Balaban J connectivity index is 2.40. The Labute approximate surface area is 149 Å². The van der Waals surface area contributed by atoms with E-state index in [1.807, 2.05) is 24.3 Å². The molecular weight excluding hydrogens is 376 g/mol. The number of hydrogen-bond donors (Lipinski definition) is 1. The first-order chi connectivity index (χ1) is 11.3. The maximum absolute atomic E-state index is 12.4. The average molecular weight is 395 g/mol. The Hall–Kier alpha value is -2.15. The summed E-state index contributed by atoms with van der Waals surface area (Å²) in [6, 6.07) is 6.40. The van der Waals surface area contributed by atoms with Gasteiger partial charge in [0.1, 0.15) is 6.54 Å². The van der Waals surface area contributed by atoms with Gasteiger partial charge in [-0.1, -0.05) is 28.1 Å². The number of carbonyl (C=O) groups excluding carboxylic acids is 3. The first-order valence-electron chi connectivity index (χ1n) is 7.56. The highest BCUT2D eigenvalue weighted by Gasteiger charge is 2.35. The fourth-order valence-electron chi connectivity index (χ4n) is 2.67. The number of amides is 2. The number of ketones is 1. The number of ether oxygens (including phenoxy) is 1. The number of benzene rings is 1. The summed E-state index contributed by atoms with van der Waals surface area (Å²) in [5, 5.41) is 2.80. The summed E-state index contributed by atoms with van der Waals surface area (Å²) in [4.78, 5) is 37.5. The first kappa shape index (κ1) is 18.2. The molecule has 0 saturated carbocycles. The van der Waals surface area contributed by atoms with Crippen molar-refractivity contribution in [2.75, 3.05) is 13.2 Å². The summed E-state index contributed by atoms with van der Waals surface area (Å²) in [6.45, 7) is 4.82. The van der Waals surface area contributed by atoms with Gasteiger partial charge in [-0.15, -0.1) is 0 Å².